The van der Waals surface area contributed by atoms with E-state index in [1.165, 1.54) is 5.70 Å². The number of hydrogen-bond acceptors (Lipinski definition) is 7. The molecule has 7 nitrogen and oxygen atoms in total. The minimum absolute atomic E-state index is 0.0633. The monoisotopic (exact) mass is 473 g/mol. The number of nitrogens with zero attached hydrogens (tertiary/aromatic N) is 1. The van der Waals surface area contributed by atoms with Gasteiger partial charge in [-0.05, 0) is 74.0 Å². The molecule has 0 aliphatic carbocycles. The third kappa shape index (κ3) is 5.26. The summed E-state index contributed by atoms with van der Waals surface area (Å²) in [5.74, 6) is 0. The van der Waals surface area contributed by atoms with Crippen LogP contribution < -0.4 is 31.9 Å². The largest absolute Gasteiger partial charge is 0.393 e. The number of rotatable bonds is 8. The van der Waals surface area contributed by atoms with Crippen molar-refractivity contribution in [3.8, 4) is 0 Å². The van der Waals surface area contributed by atoms with Crippen molar-refractivity contribution in [3.63, 3.8) is 0 Å². The average molecular weight is 474 g/mol. The normalized spacial score (nSPS) is 20.9. The van der Waals surface area contributed by atoms with Gasteiger partial charge in [-0.25, -0.2) is 8.78 Å². The zero-order chi connectivity index (χ0) is 24.1. The zero-order valence-corrected chi connectivity index (χ0v) is 19.9. The highest BCUT2D eigenvalue weighted by Gasteiger charge is 2.30. The lowest BCUT2D eigenvalue weighted by molar-refractivity contribution is 0.151. The topological polar surface area (TPSA) is 101 Å². The summed E-state index contributed by atoms with van der Waals surface area (Å²) in [5.41, 5.74) is 11.8. The molecular formula is C25H37F2N7. The summed E-state index contributed by atoms with van der Waals surface area (Å²) < 4.78 is 28.3. The van der Waals surface area contributed by atoms with Gasteiger partial charge in [-0.15, -0.1) is 0 Å². The van der Waals surface area contributed by atoms with Crippen molar-refractivity contribution in [3.05, 3.63) is 46.3 Å². The molecule has 1 unspecified atom stereocenters. The van der Waals surface area contributed by atoms with Crippen molar-refractivity contribution in [2.24, 2.45) is 5.73 Å². The minimum Gasteiger partial charge on any atom is -0.393 e. The molecule has 0 bridgehead atoms. The number of nitrogens with one attached hydrogen (secondary N) is 5. The SMILES string of the molecule is CN/C=C(\C=N)c1cc2c(cc1C(F)F)N(C(N)C1=C(NC3CCNCC3)CCNC1)CCC2. The highest BCUT2D eigenvalue weighted by Crippen LogP contribution is 2.38. The van der Waals surface area contributed by atoms with Gasteiger partial charge in [0.25, 0.3) is 6.43 Å². The lowest BCUT2D eigenvalue weighted by atomic mass is 9.91. The Balaban J connectivity index is 1.69. The van der Waals surface area contributed by atoms with Crippen molar-refractivity contribution in [1.82, 2.24) is 21.3 Å². The van der Waals surface area contributed by atoms with E-state index in [2.05, 4.69) is 26.2 Å². The lowest BCUT2D eigenvalue weighted by Crippen LogP contribution is -2.51. The van der Waals surface area contributed by atoms with Gasteiger partial charge in [0.2, 0.25) is 0 Å². The van der Waals surface area contributed by atoms with Gasteiger partial charge in [0.15, 0.2) is 0 Å². The molecule has 0 amide bonds. The van der Waals surface area contributed by atoms with Gasteiger partial charge >= 0.3 is 0 Å². The summed E-state index contributed by atoms with van der Waals surface area (Å²) in [5, 5.41) is 21.2. The fourth-order valence-corrected chi connectivity index (χ4v) is 5.30. The Bertz CT molecular complexity index is 937. The number of halogens is 2. The Morgan fingerprint density at radius 1 is 1.21 bits per heavy atom. The molecule has 186 valence electrons. The fraction of sp³-hybridized carbons (Fsp3) is 0.560. The smallest absolute Gasteiger partial charge is 0.264 e. The van der Waals surface area contributed by atoms with Crippen LogP contribution in [0.4, 0.5) is 14.5 Å². The van der Waals surface area contributed by atoms with Crippen LogP contribution in [0.25, 0.3) is 5.57 Å². The highest BCUT2D eigenvalue weighted by atomic mass is 19.3. The van der Waals surface area contributed by atoms with Gasteiger partial charge in [-0.1, -0.05) is 0 Å². The van der Waals surface area contributed by atoms with Gasteiger partial charge in [0.1, 0.15) is 6.17 Å². The lowest BCUT2D eigenvalue weighted by Gasteiger charge is -2.40. The molecule has 3 aliphatic rings. The molecule has 0 aromatic heterocycles. The van der Waals surface area contributed by atoms with Gasteiger partial charge in [0, 0.05) is 67.7 Å². The molecule has 1 saturated heterocycles. The summed E-state index contributed by atoms with van der Waals surface area (Å²) in [6, 6.07) is 3.86. The second kappa shape index (κ2) is 11.3. The maximum atomic E-state index is 14.1. The number of allylic oxidation sites excluding steroid dienone is 1. The summed E-state index contributed by atoms with van der Waals surface area (Å²) in [6.45, 7) is 4.36. The van der Waals surface area contributed by atoms with Crippen molar-refractivity contribution >= 4 is 17.5 Å². The molecule has 0 spiro atoms. The average Bonchev–Trinajstić information content (AvgIpc) is 2.86. The molecular weight excluding hydrogens is 436 g/mol. The third-order valence-electron chi connectivity index (χ3n) is 7.07. The van der Waals surface area contributed by atoms with Crippen LogP contribution in [0.15, 0.2) is 29.6 Å². The number of fused-ring (bicyclic) bond motifs is 1. The molecule has 9 heteroatoms. The maximum Gasteiger partial charge on any atom is 0.264 e. The summed E-state index contributed by atoms with van der Waals surface area (Å²) in [4.78, 5) is 2.09. The number of anilines is 1. The number of alkyl halides is 2. The van der Waals surface area contributed by atoms with Crippen molar-refractivity contribution in [1.29, 1.82) is 5.41 Å². The summed E-state index contributed by atoms with van der Waals surface area (Å²) in [7, 11) is 1.70. The number of nitrogens with two attached hydrogens (primary N) is 1. The minimum atomic E-state index is -2.65. The van der Waals surface area contributed by atoms with E-state index in [9.17, 15) is 8.78 Å². The Labute approximate surface area is 200 Å². The predicted octanol–water partition coefficient (Wildman–Crippen LogP) is 2.46. The zero-order valence-electron chi connectivity index (χ0n) is 19.9. The molecule has 1 fully saturated rings. The van der Waals surface area contributed by atoms with E-state index in [1.54, 1.807) is 19.3 Å². The number of benzene rings is 1. The fourth-order valence-electron chi connectivity index (χ4n) is 5.30. The predicted molar refractivity (Wildman–Crippen MR) is 134 cm³/mol. The highest BCUT2D eigenvalue weighted by molar-refractivity contribution is 6.09. The van der Waals surface area contributed by atoms with Gasteiger partial charge in [-0.3, -0.25) is 0 Å². The second-order valence-corrected chi connectivity index (χ2v) is 9.24. The van der Waals surface area contributed by atoms with Crippen LogP contribution in [0.5, 0.6) is 0 Å². The molecule has 7 N–H and O–H groups in total. The van der Waals surface area contributed by atoms with Crippen LogP contribution in [0.3, 0.4) is 0 Å². The molecule has 4 rings (SSSR count). The van der Waals surface area contributed by atoms with E-state index in [0.29, 0.717) is 23.7 Å². The molecule has 0 saturated carbocycles. The Kier molecular flexibility index (Phi) is 8.18. The quantitative estimate of drug-likeness (QED) is 0.325. The van der Waals surface area contributed by atoms with Crippen LogP contribution in [0.2, 0.25) is 0 Å². The molecule has 1 aromatic rings. The van der Waals surface area contributed by atoms with Gasteiger partial charge in [0.05, 0.1) is 0 Å². The van der Waals surface area contributed by atoms with Crippen molar-refractivity contribution in [2.75, 3.05) is 44.7 Å². The Hall–Kier alpha value is -2.49. The van der Waals surface area contributed by atoms with E-state index < -0.39 is 6.43 Å². The number of aryl methyl sites for hydroxylation is 1. The third-order valence-corrected chi connectivity index (χ3v) is 7.07. The van der Waals surface area contributed by atoms with Gasteiger partial charge in [-0.2, -0.15) is 0 Å². The Morgan fingerprint density at radius 2 is 2.00 bits per heavy atom. The van der Waals surface area contributed by atoms with Crippen molar-refractivity contribution < 1.29 is 8.78 Å². The molecule has 0 radical (unpaired) electrons. The van der Waals surface area contributed by atoms with Crippen LogP contribution in [-0.4, -0.2) is 58.2 Å². The molecule has 3 heterocycles. The number of hydrogen-bond donors (Lipinski definition) is 6. The van der Waals surface area contributed by atoms with E-state index in [-0.39, 0.29) is 11.7 Å². The Morgan fingerprint density at radius 3 is 2.71 bits per heavy atom. The maximum absolute atomic E-state index is 14.1. The standard InChI is InChI=1S/C25H37F2N7/c1-30-14-17(13-28)19-11-16-3-2-10-34(23(16)12-20(19)24(26)27)25(29)21-15-32-9-6-22(21)33-18-4-7-31-8-5-18/h11-14,18,24-25,28,30-33H,2-10,15,29H2,1H3/b17-14+,28-13?. The van der Waals surface area contributed by atoms with Crippen LogP contribution in [-0.2, 0) is 6.42 Å². The first-order valence-electron chi connectivity index (χ1n) is 12.3. The number of piperidine rings is 1. The van der Waals surface area contributed by atoms with Crippen LogP contribution >= 0.6 is 0 Å². The molecule has 3 aliphatic heterocycles. The molecule has 1 atom stereocenters. The first kappa shape index (κ1) is 24.6. The van der Waals surface area contributed by atoms with E-state index in [0.717, 1.165) is 81.3 Å². The van der Waals surface area contributed by atoms with E-state index in [4.69, 9.17) is 11.1 Å². The van der Waals surface area contributed by atoms with Crippen LogP contribution in [0, 0.1) is 5.41 Å². The van der Waals surface area contributed by atoms with Crippen LogP contribution in [0.1, 0.15) is 48.8 Å². The second-order valence-electron chi connectivity index (χ2n) is 9.24. The first-order valence-corrected chi connectivity index (χ1v) is 12.3. The van der Waals surface area contributed by atoms with E-state index >= 15 is 0 Å². The molecule has 34 heavy (non-hydrogen) atoms. The molecule has 1 aromatic carbocycles. The summed E-state index contributed by atoms with van der Waals surface area (Å²) >= 11 is 0. The summed E-state index contributed by atoms with van der Waals surface area (Å²) in [6.07, 6.45) is 4.45. The van der Waals surface area contributed by atoms with Crippen molar-refractivity contribution in [2.45, 2.75) is 50.7 Å². The van der Waals surface area contributed by atoms with Gasteiger partial charge < -0.3 is 37.3 Å². The first-order chi connectivity index (χ1) is 16.5. The van der Waals surface area contributed by atoms with E-state index in [1.807, 2.05) is 6.07 Å².